The third-order valence-corrected chi connectivity index (χ3v) is 5.43. The predicted octanol–water partition coefficient (Wildman–Crippen LogP) is 4.38. The fourth-order valence-electron chi connectivity index (χ4n) is 2.24. The van der Waals surface area contributed by atoms with Gasteiger partial charge in [-0.15, -0.1) is 23.1 Å². The zero-order valence-corrected chi connectivity index (χ0v) is 15.8. The Hall–Kier alpha value is -2.58. The van der Waals surface area contributed by atoms with E-state index in [0.717, 1.165) is 10.6 Å². The van der Waals surface area contributed by atoms with Crippen molar-refractivity contribution in [1.29, 1.82) is 0 Å². The summed E-state index contributed by atoms with van der Waals surface area (Å²) >= 11 is 2.79. The Morgan fingerprint density at radius 3 is 2.81 bits per heavy atom. The molecule has 2 aromatic heterocycles. The molecule has 0 saturated heterocycles. The molecule has 0 atom stereocenters. The molecule has 0 aliphatic heterocycles. The lowest BCUT2D eigenvalue weighted by Gasteiger charge is -2.08. The van der Waals surface area contributed by atoms with E-state index in [-0.39, 0.29) is 5.91 Å². The van der Waals surface area contributed by atoms with Gasteiger partial charge in [0, 0.05) is 10.3 Å². The fourth-order valence-corrected chi connectivity index (χ4v) is 3.93. The van der Waals surface area contributed by atoms with Gasteiger partial charge < -0.3 is 9.15 Å². The molecule has 8 heteroatoms. The summed E-state index contributed by atoms with van der Waals surface area (Å²) in [6, 6.07) is 8.84. The number of hydrogen-bond acceptors (Lipinski definition) is 7. The Morgan fingerprint density at radius 1 is 1.27 bits per heavy atom. The molecule has 0 fully saturated rings. The lowest BCUT2D eigenvalue weighted by atomic mass is 10.2. The molecule has 3 aromatic rings. The number of esters is 1. The predicted molar refractivity (Wildman–Crippen MR) is 101 cm³/mol. The molecular formula is C18H16N2O4S2. The molecule has 3 rings (SSSR count). The largest absolute Gasteiger partial charge is 0.468 e. The standard InChI is InChI=1S/C18H16N2O4S2/c1-11-9-26-18(19-11)20-16(21)13-5-3-4-6-15(13)25-10-14-12(7-8-24-14)17(22)23-2/h3-9H,10H2,1-2H3,(H,19,20,21). The molecule has 0 aliphatic rings. The van der Waals surface area contributed by atoms with Crippen LogP contribution in [0.25, 0.3) is 0 Å². The van der Waals surface area contributed by atoms with Gasteiger partial charge in [0.1, 0.15) is 11.3 Å². The van der Waals surface area contributed by atoms with Gasteiger partial charge in [-0.1, -0.05) is 12.1 Å². The Bertz CT molecular complexity index is 933. The van der Waals surface area contributed by atoms with Crippen LogP contribution in [0.3, 0.4) is 0 Å². The molecule has 0 saturated carbocycles. The van der Waals surface area contributed by atoms with Crippen LogP contribution in [0.1, 0.15) is 32.2 Å². The van der Waals surface area contributed by atoms with Crippen LogP contribution in [0, 0.1) is 6.92 Å². The fraction of sp³-hybridized carbons (Fsp3) is 0.167. The number of carbonyl (C=O) groups is 2. The summed E-state index contributed by atoms with van der Waals surface area (Å²) in [5.41, 5.74) is 1.79. The number of aryl methyl sites for hydroxylation is 1. The van der Waals surface area contributed by atoms with E-state index in [1.807, 2.05) is 24.4 Å². The number of aromatic nitrogens is 1. The molecule has 134 valence electrons. The van der Waals surface area contributed by atoms with Gasteiger partial charge in [0.25, 0.3) is 5.91 Å². The van der Waals surface area contributed by atoms with Crippen molar-refractivity contribution in [3.8, 4) is 0 Å². The molecule has 2 heterocycles. The number of carbonyl (C=O) groups excluding carboxylic acids is 2. The highest BCUT2D eigenvalue weighted by molar-refractivity contribution is 7.98. The first-order valence-electron chi connectivity index (χ1n) is 7.68. The first kappa shape index (κ1) is 18.2. The van der Waals surface area contributed by atoms with E-state index in [2.05, 4.69) is 10.3 Å². The van der Waals surface area contributed by atoms with Gasteiger partial charge in [-0.3, -0.25) is 10.1 Å². The molecule has 0 radical (unpaired) electrons. The van der Waals surface area contributed by atoms with Crippen LogP contribution in [-0.2, 0) is 10.5 Å². The number of nitrogens with one attached hydrogen (secondary N) is 1. The van der Waals surface area contributed by atoms with Crippen molar-refractivity contribution in [2.24, 2.45) is 0 Å². The number of thiazole rings is 1. The molecule has 1 amide bonds. The number of anilines is 1. The summed E-state index contributed by atoms with van der Waals surface area (Å²) in [5.74, 6) is 0.236. The SMILES string of the molecule is COC(=O)c1ccoc1CSc1ccccc1C(=O)Nc1nc(C)cs1. The number of furan rings is 1. The van der Waals surface area contributed by atoms with Crippen LogP contribution < -0.4 is 5.32 Å². The van der Waals surface area contributed by atoms with E-state index in [9.17, 15) is 9.59 Å². The van der Waals surface area contributed by atoms with Crippen molar-refractivity contribution >= 4 is 40.1 Å². The van der Waals surface area contributed by atoms with Crippen LogP contribution >= 0.6 is 23.1 Å². The van der Waals surface area contributed by atoms with E-state index < -0.39 is 5.97 Å². The van der Waals surface area contributed by atoms with Crippen LogP contribution in [0.4, 0.5) is 5.13 Å². The molecule has 6 nitrogen and oxygen atoms in total. The summed E-state index contributed by atoms with van der Waals surface area (Å²) in [4.78, 5) is 29.3. The molecule has 0 unspecified atom stereocenters. The minimum absolute atomic E-state index is 0.227. The Morgan fingerprint density at radius 2 is 2.08 bits per heavy atom. The smallest absolute Gasteiger partial charge is 0.341 e. The van der Waals surface area contributed by atoms with Gasteiger partial charge in [0.05, 0.1) is 30.4 Å². The first-order chi connectivity index (χ1) is 12.6. The number of nitrogens with zero attached hydrogens (tertiary/aromatic N) is 1. The maximum atomic E-state index is 12.6. The molecule has 1 aromatic carbocycles. The van der Waals surface area contributed by atoms with Crippen molar-refractivity contribution in [2.45, 2.75) is 17.6 Å². The van der Waals surface area contributed by atoms with Gasteiger partial charge in [-0.25, -0.2) is 9.78 Å². The Balaban J connectivity index is 1.74. The Kier molecular flexibility index (Phi) is 5.75. The zero-order chi connectivity index (χ0) is 18.5. The normalized spacial score (nSPS) is 10.5. The summed E-state index contributed by atoms with van der Waals surface area (Å²) < 4.78 is 10.1. The highest BCUT2D eigenvalue weighted by Crippen LogP contribution is 2.29. The molecule has 0 bridgehead atoms. The van der Waals surface area contributed by atoms with Crippen LogP contribution in [0.5, 0.6) is 0 Å². The van der Waals surface area contributed by atoms with Gasteiger partial charge in [0.15, 0.2) is 5.13 Å². The molecular weight excluding hydrogens is 372 g/mol. The highest BCUT2D eigenvalue weighted by atomic mass is 32.2. The quantitative estimate of drug-likeness (QED) is 0.499. The number of ether oxygens (including phenoxy) is 1. The van der Waals surface area contributed by atoms with Crippen molar-refractivity contribution in [3.63, 3.8) is 0 Å². The van der Waals surface area contributed by atoms with Crippen molar-refractivity contribution in [2.75, 3.05) is 12.4 Å². The van der Waals surface area contributed by atoms with Crippen LogP contribution in [-0.4, -0.2) is 24.0 Å². The maximum absolute atomic E-state index is 12.6. The Labute approximate surface area is 158 Å². The maximum Gasteiger partial charge on any atom is 0.341 e. The van der Waals surface area contributed by atoms with Crippen LogP contribution in [0.15, 0.2) is 51.3 Å². The van der Waals surface area contributed by atoms with Crippen molar-refractivity contribution in [3.05, 3.63) is 64.6 Å². The van der Waals surface area contributed by atoms with Gasteiger partial charge in [0.2, 0.25) is 0 Å². The van der Waals surface area contributed by atoms with E-state index >= 15 is 0 Å². The summed E-state index contributed by atoms with van der Waals surface area (Å²) in [6.07, 6.45) is 1.45. The number of amides is 1. The van der Waals surface area contributed by atoms with Crippen molar-refractivity contribution < 1.29 is 18.7 Å². The second kappa shape index (κ2) is 8.20. The lowest BCUT2D eigenvalue weighted by Crippen LogP contribution is -2.12. The number of benzene rings is 1. The highest BCUT2D eigenvalue weighted by Gasteiger charge is 2.17. The summed E-state index contributed by atoms with van der Waals surface area (Å²) in [7, 11) is 1.33. The average Bonchev–Trinajstić information content (AvgIpc) is 3.28. The number of methoxy groups -OCH3 is 1. The molecule has 1 N–H and O–H groups in total. The summed E-state index contributed by atoms with van der Waals surface area (Å²) in [5, 5.41) is 5.25. The van der Waals surface area contributed by atoms with Gasteiger partial charge >= 0.3 is 5.97 Å². The third-order valence-electron chi connectivity index (χ3n) is 3.48. The van der Waals surface area contributed by atoms with E-state index in [4.69, 9.17) is 9.15 Å². The monoisotopic (exact) mass is 388 g/mol. The second-order valence-corrected chi connectivity index (χ2v) is 7.16. The van der Waals surface area contributed by atoms with Gasteiger partial charge in [-0.05, 0) is 25.1 Å². The van der Waals surface area contributed by atoms with Crippen LogP contribution in [0.2, 0.25) is 0 Å². The first-order valence-corrected chi connectivity index (χ1v) is 9.55. The van der Waals surface area contributed by atoms with Gasteiger partial charge in [-0.2, -0.15) is 0 Å². The number of rotatable bonds is 6. The molecule has 0 aliphatic carbocycles. The van der Waals surface area contributed by atoms with E-state index in [1.165, 1.54) is 36.5 Å². The molecule has 26 heavy (non-hydrogen) atoms. The topological polar surface area (TPSA) is 81.4 Å². The third kappa shape index (κ3) is 4.14. The minimum atomic E-state index is -0.445. The summed E-state index contributed by atoms with van der Waals surface area (Å²) in [6.45, 7) is 1.87. The molecule has 0 spiro atoms. The number of hydrogen-bond donors (Lipinski definition) is 1. The van der Waals surface area contributed by atoms with Crippen molar-refractivity contribution in [1.82, 2.24) is 4.98 Å². The van der Waals surface area contributed by atoms with E-state index in [1.54, 1.807) is 18.2 Å². The number of thioether (sulfide) groups is 1. The zero-order valence-electron chi connectivity index (χ0n) is 14.1. The average molecular weight is 388 g/mol. The second-order valence-electron chi connectivity index (χ2n) is 5.28. The van der Waals surface area contributed by atoms with E-state index in [0.29, 0.717) is 27.8 Å². The minimum Gasteiger partial charge on any atom is -0.468 e. The lowest BCUT2D eigenvalue weighted by molar-refractivity contribution is 0.0598.